The van der Waals surface area contributed by atoms with Gasteiger partial charge in [0.25, 0.3) is 0 Å². The average Bonchev–Trinajstić information content (AvgIpc) is 3.10. The maximum absolute atomic E-state index is 11.6. The zero-order valence-corrected chi connectivity index (χ0v) is 15.4. The van der Waals surface area contributed by atoms with Gasteiger partial charge >= 0.3 is 11.8 Å². The molecule has 5 nitrogen and oxygen atoms in total. The molecule has 2 amide bonds. The van der Waals surface area contributed by atoms with Gasteiger partial charge in [-0.2, -0.15) is 0 Å². The molecule has 1 heterocycles. The van der Waals surface area contributed by atoms with Crippen molar-refractivity contribution in [2.75, 3.05) is 19.7 Å². The van der Waals surface area contributed by atoms with Crippen LogP contribution < -0.4 is 10.6 Å². The first kappa shape index (κ1) is 20.9. The van der Waals surface area contributed by atoms with Crippen molar-refractivity contribution >= 4 is 11.8 Å². The summed E-state index contributed by atoms with van der Waals surface area (Å²) in [6, 6.07) is 0. The molecule has 5 heteroatoms. The van der Waals surface area contributed by atoms with E-state index in [9.17, 15) is 9.59 Å². The van der Waals surface area contributed by atoms with Gasteiger partial charge in [-0.3, -0.25) is 9.59 Å². The van der Waals surface area contributed by atoms with Gasteiger partial charge in [-0.15, -0.1) is 0 Å². The summed E-state index contributed by atoms with van der Waals surface area (Å²) in [4.78, 5) is 23.3. The van der Waals surface area contributed by atoms with Gasteiger partial charge in [0.15, 0.2) is 0 Å². The molecule has 0 aliphatic carbocycles. The maximum atomic E-state index is 11.6. The van der Waals surface area contributed by atoms with E-state index < -0.39 is 11.8 Å². The summed E-state index contributed by atoms with van der Waals surface area (Å²) in [5.74, 6) is -1.07. The Morgan fingerprint density at radius 2 is 1.46 bits per heavy atom. The second-order valence-corrected chi connectivity index (χ2v) is 6.78. The van der Waals surface area contributed by atoms with E-state index in [2.05, 4.69) is 17.6 Å². The molecular weight excluding hydrogens is 304 g/mol. The lowest BCUT2D eigenvalue weighted by Crippen LogP contribution is -2.42. The van der Waals surface area contributed by atoms with Crippen molar-refractivity contribution in [1.82, 2.24) is 10.6 Å². The van der Waals surface area contributed by atoms with Crippen molar-refractivity contribution in [3.63, 3.8) is 0 Å². The van der Waals surface area contributed by atoms with Crippen LogP contribution in [0, 0.1) is 0 Å². The number of carbonyl (C=O) groups is 2. The van der Waals surface area contributed by atoms with E-state index in [1.165, 1.54) is 51.4 Å². The van der Waals surface area contributed by atoms with E-state index in [4.69, 9.17) is 4.74 Å². The Morgan fingerprint density at radius 1 is 0.875 bits per heavy atom. The lowest BCUT2D eigenvalue weighted by Gasteiger charge is -2.10. The summed E-state index contributed by atoms with van der Waals surface area (Å²) in [5.41, 5.74) is 0. The molecule has 24 heavy (non-hydrogen) atoms. The quantitative estimate of drug-likeness (QED) is 0.399. The number of amides is 2. The molecule has 1 aliphatic heterocycles. The number of carbonyl (C=O) groups excluding carboxylic acids is 2. The van der Waals surface area contributed by atoms with Crippen LogP contribution in [-0.2, 0) is 14.3 Å². The van der Waals surface area contributed by atoms with Crippen molar-refractivity contribution in [3.8, 4) is 0 Å². The second kappa shape index (κ2) is 14.3. The molecule has 2 N–H and O–H groups in total. The second-order valence-electron chi connectivity index (χ2n) is 6.78. The molecule has 1 aliphatic rings. The zero-order valence-electron chi connectivity index (χ0n) is 15.4. The molecule has 1 saturated heterocycles. The largest absolute Gasteiger partial charge is 0.376 e. The minimum Gasteiger partial charge on any atom is -0.376 e. The number of hydrogen-bond donors (Lipinski definition) is 2. The first-order valence-electron chi connectivity index (χ1n) is 9.91. The smallest absolute Gasteiger partial charge is 0.309 e. The number of ether oxygens (including phenoxy) is 1. The highest BCUT2D eigenvalue weighted by Crippen LogP contribution is 2.11. The highest BCUT2D eigenvalue weighted by molar-refractivity contribution is 6.35. The van der Waals surface area contributed by atoms with Gasteiger partial charge in [0, 0.05) is 19.7 Å². The fraction of sp³-hybridized carbons (Fsp3) is 0.895. The molecule has 1 fully saturated rings. The minimum absolute atomic E-state index is 0.0729. The van der Waals surface area contributed by atoms with Crippen LogP contribution >= 0.6 is 0 Å². The Hall–Kier alpha value is -1.10. The lowest BCUT2D eigenvalue weighted by atomic mass is 10.1. The molecule has 1 rings (SSSR count). The standard InChI is InChI=1S/C19H36N2O3/c1-2-3-4-5-6-7-8-9-10-11-14-20-18(22)19(23)21-16-17-13-12-15-24-17/h17H,2-16H2,1H3,(H,20,22)(H,21,23). The Balaban J connectivity index is 1.85. The zero-order chi connectivity index (χ0) is 17.5. The summed E-state index contributed by atoms with van der Waals surface area (Å²) in [7, 11) is 0. The Kier molecular flexibility index (Phi) is 12.4. The van der Waals surface area contributed by atoms with Gasteiger partial charge in [-0.25, -0.2) is 0 Å². The molecule has 0 bridgehead atoms. The fourth-order valence-corrected chi connectivity index (χ4v) is 2.99. The third-order valence-electron chi connectivity index (χ3n) is 4.54. The number of hydrogen-bond acceptors (Lipinski definition) is 3. The highest BCUT2D eigenvalue weighted by atomic mass is 16.5. The summed E-state index contributed by atoms with van der Waals surface area (Å²) in [6.45, 7) is 4.02. The van der Waals surface area contributed by atoms with E-state index in [1.54, 1.807) is 0 Å². The van der Waals surface area contributed by atoms with Gasteiger partial charge in [-0.05, 0) is 19.3 Å². The maximum Gasteiger partial charge on any atom is 0.309 e. The third-order valence-corrected chi connectivity index (χ3v) is 4.54. The number of nitrogens with one attached hydrogen (secondary N) is 2. The van der Waals surface area contributed by atoms with Crippen LogP contribution in [0.3, 0.4) is 0 Å². The topological polar surface area (TPSA) is 67.4 Å². The van der Waals surface area contributed by atoms with Crippen LogP contribution in [-0.4, -0.2) is 37.6 Å². The molecule has 0 saturated carbocycles. The lowest BCUT2D eigenvalue weighted by molar-refractivity contribution is -0.139. The molecule has 0 aromatic carbocycles. The van der Waals surface area contributed by atoms with Crippen LogP contribution in [0.4, 0.5) is 0 Å². The van der Waals surface area contributed by atoms with Crippen LogP contribution in [0.15, 0.2) is 0 Å². The van der Waals surface area contributed by atoms with E-state index in [0.717, 1.165) is 32.3 Å². The van der Waals surface area contributed by atoms with Crippen LogP contribution in [0.25, 0.3) is 0 Å². The highest BCUT2D eigenvalue weighted by Gasteiger charge is 2.18. The molecule has 0 radical (unpaired) electrons. The predicted molar refractivity (Wildman–Crippen MR) is 96.8 cm³/mol. The molecule has 0 aromatic rings. The van der Waals surface area contributed by atoms with E-state index in [-0.39, 0.29) is 6.10 Å². The van der Waals surface area contributed by atoms with Gasteiger partial charge in [0.2, 0.25) is 0 Å². The van der Waals surface area contributed by atoms with E-state index in [1.807, 2.05) is 0 Å². The molecule has 1 unspecified atom stereocenters. The predicted octanol–water partition coefficient (Wildman–Crippen LogP) is 3.32. The van der Waals surface area contributed by atoms with Gasteiger partial charge in [-0.1, -0.05) is 64.7 Å². The average molecular weight is 341 g/mol. The van der Waals surface area contributed by atoms with Crippen molar-refractivity contribution < 1.29 is 14.3 Å². The third kappa shape index (κ3) is 10.6. The van der Waals surface area contributed by atoms with Crippen LogP contribution in [0.5, 0.6) is 0 Å². The number of rotatable bonds is 13. The fourth-order valence-electron chi connectivity index (χ4n) is 2.99. The molecule has 0 spiro atoms. The molecular formula is C19H36N2O3. The van der Waals surface area contributed by atoms with Crippen molar-refractivity contribution in [2.45, 2.75) is 90.1 Å². The van der Waals surface area contributed by atoms with Crippen LogP contribution in [0.1, 0.15) is 84.0 Å². The summed E-state index contributed by atoms with van der Waals surface area (Å²) in [6.07, 6.45) is 14.7. The van der Waals surface area contributed by atoms with Gasteiger partial charge in [0.1, 0.15) is 0 Å². The Morgan fingerprint density at radius 3 is 2.04 bits per heavy atom. The minimum atomic E-state index is -0.544. The first-order valence-corrected chi connectivity index (χ1v) is 9.91. The van der Waals surface area contributed by atoms with Gasteiger partial charge < -0.3 is 15.4 Å². The Bertz CT molecular complexity index is 342. The molecule has 1 atom stereocenters. The first-order chi connectivity index (χ1) is 11.7. The van der Waals surface area contributed by atoms with Crippen molar-refractivity contribution in [1.29, 1.82) is 0 Å². The SMILES string of the molecule is CCCCCCCCCCCCNC(=O)C(=O)NCC1CCCO1. The van der Waals surface area contributed by atoms with Crippen molar-refractivity contribution in [3.05, 3.63) is 0 Å². The molecule has 0 aromatic heterocycles. The van der Waals surface area contributed by atoms with E-state index in [0.29, 0.717) is 13.1 Å². The summed E-state index contributed by atoms with van der Waals surface area (Å²) in [5, 5.41) is 5.33. The normalized spacial score (nSPS) is 17.0. The number of unbranched alkanes of at least 4 members (excludes halogenated alkanes) is 9. The monoisotopic (exact) mass is 340 g/mol. The summed E-state index contributed by atoms with van der Waals surface area (Å²) < 4.78 is 5.41. The van der Waals surface area contributed by atoms with Gasteiger partial charge in [0.05, 0.1) is 6.10 Å². The Labute approximate surface area is 147 Å². The van der Waals surface area contributed by atoms with E-state index >= 15 is 0 Å². The molecule has 140 valence electrons. The van der Waals surface area contributed by atoms with Crippen LogP contribution in [0.2, 0.25) is 0 Å². The van der Waals surface area contributed by atoms with Crippen molar-refractivity contribution in [2.24, 2.45) is 0 Å². The summed E-state index contributed by atoms with van der Waals surface area (Å²) >= 11 is 0.